The van der Waals surface area contributed by atoms with Gasteiger partial charge in [0.25, 0.3) is 0 Å². The molecule has 0 saturated carbocycles. The second-order valence-corrected chi connectivity index (χ2v) is 7.78. The minimum atomic E-state index is -4.60. The van der Waals surface area contributed by atoms with Crippen LogP contribution in [0.15, 0.2) is 27.6 Å². The molecule has 1 unspecified atom stereocenters. The Morgan fingerprint density at radius 1 is 1.33 bits per heavy atom. The molecule has 9 heteroatoms. The molecule has 1 aliphatic rings. The van der Waals surface area contributed by atoms with Gasteiger partial charge in [-0.1, -0.05) is 15.9 Å². The van der Waals surface area contributed by atoms with Crippen LogP contribution >= 0.6 is 15.9 Å². The van der Waals surface area contributed by atoms with Gasteiger partial charge >= 0.3 is 6.18 Å². The van der Waals surface area contributed by atoms with Gasteiger partial charge in [0.1, 0.15) is 0 Å². The van der Waals surface area contributed by atoms with Gasteiger partial charge in [-0.15, -0.1) is 0 Å². The first-order chi connectivity index (χ1) is 9.64. The highest BCUT2D eigenvalue weighted by molar-refractivity contribution is 9.10. The topological polar surface area (TPSA) is 63.4 Å². The molecule has 1 aromatic rings. The largest absolute Gasteiger partial charge is 0.416 e. The van der Waals surface area contributed by atoms with Gasteiger partial charge in [0.05, 0.1) is 10.5 Å². The first-order valence-electron chi connectivity index (χ1n) is 6.22. The molecule has 1 fully saturated rings. The minimum absolute atomic E-state index is 0.0500. The second-order valence-electron chi connectivity index (χ2n) is 4.93. The fourth-order valence-electron chi connectivity index (χ4n) is 2.23. The molecule has 21 heavy (non-hydrogen) atoms. The lowest BCUT2D eigenvalue weighted by atomic mass is 10.1. The van der Waals surface area contributed by atoms with Crippen LogP contribution in [-0.4, -0.2) is 32.4 Å². The van der Waals surface area contributed by atoms with E-state index in [9.17, 15) is 21.6 Å². The van der Waals surface area contributed by atoms with Crippen molar-refractivity contribution in [3.8, 4) is 0 Å². The Bertz CT molecular complexity index is 634. The van der Waals surface area contributed by atoms with Gasteiger partial charge in [-0.2, -0.15) is 17.5 Å². The number of rotatable bonds is 3. The molecule has 0 aromatic heterocycles. The predicted molar refractivity (Wildman–Crippen MR) is 75.1 cm³/mol. The third-order valence-corrected chi connectivity index (χ3v) is 5.72. The first-order valence-corrected chi connectivity index (χ1v) is 8.46. The highest BCUT2D eigenvalue weighted by atomic mass is 79.9. The SMILES string of the molecule is NCC1CCN(S(=O)(=O)c2cc(Br)cc(C(F)(F)F)c2)C1. The molecule has 0 bridgehead atoms. The number of halogens is 4. The standard InChI is InChI=1S/C12H14BrF3N2O2S/c13-10-3-9(12(14,15)16)4-11(5-10)21(19,20)18-2-1-8(6-17)7-18/h3-5,8H,1-2,6-7,17H2. The summed E-state index contributed by atoms with van der Waals surface area (Å²) in [5.41, 5.74) is 4.51. The fraction of sp³-hybridized carbons (Fsp3) is 0.500. The zero-order valence-corrected chi connectivity index (χ0v) is 13.3. The number of benzene rings is 1. The molecule has 4 nitrogen and oxygen atoms in total. The Balaban J connectivity index is 2.39. The number of hydrogen-bond donors (Lipinski definition) is 1. The monoisotopic (exact) mass is 386 g/mol. The van der Waals surface area contributed by atoms with Crippen LogP contribution in [0.3, 0.4) is 0 Å². The van der Waals surface area contributed by atoms with Crippen molar-refractivity contribution < 1.29 is 21.6 Å². The van der Waals surface area contributed by atoms with Crippen molar-refractivity contribution >= 4 is 26.0 Å². The lowest BCUT2D eigenvalue weighted by molar-refractivity contribution is -0.137. The minimum Gasteiger partial charge on any atom is -0.330 e. The van der Waals surface area contributed by atoms with Gasteiger partial charge in [-0.3, -0.25) is 0 Å². The number of sulfonamides is 1. The Labute approximate surface area is 129 Å². The van der Waals surface area contributed by atoms with Gasteiger partial charge in [-0.25, -0.2) is 8.42 Å². The quantitative estimate of drug-likeness (QED) is 0.867. The van der Waals surface area contributed by atoms with Crippen molar-refractivity contribution in [1.29, 1.82) is 0 Å². The molecular weight excluding hydrogens is 373 g/mol. The molecule has 0 amide bonds. The molecule has 2 N–H and O–H groups in total. The van der Waals surface area contributed by atoms with Crippen LogP contribution in [-0.2, 0) is 16.2 Å². The van der Waals surface area contributed by atoms with Crippen molar-refractivity contribution in [3.63, 3.8) is 0 Å². The summed E-state index contributed by atoms with van der Waals surface area (Å²) in [6, 6.07) is 2.70. The molecule has 2 rings (SSSR count). The van der Waals surface area contributed by atoms with E-state index >= 15 is 0 Å². The van der Waals surface area contributed by atoms with Crippen LogP contribution < -0.4 is 5.73 Å². The van der Waals surface area contributed by atoms with E-state index in [1.165, 1.54) is 10.4 Å². The maximum Gasteiger partial charge on any atom is 0.416 e. The summed E-state index contributed by atoms with van der Waals surface area (Å²) < 4.78 is 64.5. The van der Waals surface area contributed by atoms with Gasteiger partial charge in [0, 0.05) is 17.6 Å². The van der Waals surface area contributed by atoms with Crippen molar-refractivity contribution in [3.05, 3.63) is 28.2 Å². The number of alkyl halides is 3. The summed E-state index contributed by atoms with van der Waals surface area (Å²) in [6.45, 7) is 0.878. The molecule has 0 radical (unpaired) electrons. The zero-order valence-electron chi connectivity index (χ0n) is 10.9. The van der Waals surface area contributed by atoms with Gasteiger partial charge < -0.3 is 5.73 Å². The molecule has 1 atom stereocenters. The van der Waals surface area contributed by atoms with E-state index in [0.717, 1.165) is 6.07 Å². The van der Waals surface area contributed by atoms with E-state index in [0.29, 0.717) is 19.0 Å². The maximum atomic E-state index is 12.8. The average molecular weight is 387 g/mol. The summed E-state index contributed by atoms with van der Waals surface area (Å²) in [5, 5.41) is 0. The smallest absolute Gasteiger partial charge is 0.330 e. The Morgan fingerprint density at radius 3 is 2.52 bits per heavy atom. The molecule has 0 spiro atoms. The predicted octanol–water partition coefficient (Wildman–Crippen LogP) is 2.44. The van der Waals surface area contributed by atoms with Crippen molar-refractivity contribution in [2.45, 2.75) is 17.5 Å². The molecule has 1 heterocycles. The maximum absolute atomic E-state index is 12.8. The third kappa shape index (κ3) is 3.58. The first kappa shape index (κ1) is 16.7. The van der Waals surface area contributed by atoms with Crippen molar-refractivity contribution in [1.82, 2.24) is 4.31 Å². The fourth-order valence-corrected chi connectivity index (χ4v) is 4.48. The Kier molecular flexibility index (Phi) is 4.67. The second kappa shape index (κ2) is 5.86. The summed E-state index contributed by atoms with van der Waals surface area (Å²) >= 11 is 2.93. The molecule has 1 aliphatic heterocycles. The van der Waals surface area contributed by atoms with Crippen LogP contribution in [0.5, 0.6) is 0 Å². The van der Waals surface area contributed by atoms with Gasteiger partial charge in [0.2, 0.25) is 10.0 Å². The highest BCUT2D eigenvalue weighted by Crippen LogP contribution is 2.34. The van der Waals surface area contributed by atoms with Crippen LogP contribution in [0.1, 0.15) is 12.0 Å². The molecule has 0 aliphatic carbocycles. The Hall–Kier alpha value is -0.640. The molecular formula is C12H14BrF3N2O2S. The van der Waals surface area contributed by atoms with E-state index in [1.807, 2.05) is 0 Å². The van der Waals surface area contributed by atoms with E-state index in [4.69, 9.17) is 5.73 Å². The highest BCUT2D eigenvalue weighted by Gasteiger charge is 2.35. The van der Waals surface area contributed by atoms with E-state index in [2.05, 4.69) is 15.9 Å². The molecule has 1 saturated heterocycles. The van der Waals surface area contributed by atoms with Crippen LogP contribution in [0.2, 0.25) is 0 Å². The van der Waals surface area contributed by atoms with E-state index < -0.39 is 21.8 Å². The molecule has 118 valence electrons. The van der Waals surface area contributed by atoms with Gasteiger partial charge in [0.15, 0.2) is 0 Å². The number of hydrogen-bond acceptors (Lipinski definition) is 3. The summed E-state index contributed by atoms with van der Waals surface area (Å²) in [6.07, 6.45) is -3.98. The van der Waals surface area contributed by atoms with Crippen LogP contribution in [0, 0.1) is 5.92 Å². The number of nitrogens with two attached hydrogens (primary N) is 1. The summed E-state index contributed by atoms with van der Waals surface area (Å²) in [5.74, 6) is 0.0500. The lowest BCUT2D eigenvalue weighted by Gasteiger charge is -2.18. The van der Waals surface area contributed by atoms with Crippen LogP contribution in [0.4, 0.5) is 13.2 Å². The van der Waals surface area contributed by atoms with Crippen molar-refractivity contribution in [2.75, 3.05) is 19.6 Å². The van der Waals surface area contributed by atoms with Gasteiger partial charge in [-0.05, 0) is 37.1 Å². The molecule has 1 aromatic carbocycles. The Morgan fingerprint density at radius 2 is 2.00 bits per heavy atom. The summed E-state index contributed by atoms with van der Waals surface area (Å²) in [7, 11) is -3.94. The van der Waals surface area contributed by atoms with Crippen LogP contribution in [0.25, 0.3) is 0 Å². The summed E-state index contributed by atoms with van der Waals surface area (Å²) in [4.78, 5) is -0.359. The van der Waals surface area contributed by atoms with Crippen molar-refractivity contribution in [2.24, 2.45) is 11.7 Å². The van der Waals surface area contributed by atoms with E-state index in [1.54, 1.807) is 0 Å². The lowest BCUT2D eigenvalue weighted by Crippen LogP contribution is -2.30. The third-order valence-electron chi connectivity index (χ3n) is 3.42. The average Bonchev–Trinajstić information content (AvgIpc) is 2.86. The number of nitrogens with zero attached hydrogens (tertiary/aromatic N) is 1. The normalized spacial score (nSPS) is 20.9. The zero-order chi connectivity index (χ0) is 15.8. The van der Waals surface area contributed by atoms with E-state index in [-0.39, 0.29) is 28.4 Å².